The van der Waals surface area contributed by atoms with Crippen molar-refractivity contribution in [1.29, 1.82) is 0 Å². The van der Waals surface area contributed by atoms with E-state index in [4.69, 9.17) is 5.11 Å². The second kappa shape index (κ2) is 4.30. The maximum absolute atomic E-state index is 10.4. The van der Waals surface area contributed by atoms with Crippen molar-refractivity contribution in [3.05, 3.63) is 41.0 Å². The first kappa shape index (κ1) is 9.97. The molecular weight excluding hydrogens is 188 g/mol. The molecule has 0 bridgehead atoms. The van der Waals surface area contributed by atoms with Crippen LogP contribution < -0.4 is 0 Å². The Bertz CT molecular complexity index is 405. The van der Waals surface area contributed by atoms with Crippen LogP contribution in [0.3, 0.4) is 0 Å². The van der Waals surface area contributed by atoms with Gasteiger partial charge in [0.15, 0.2) is 0 Å². The molecule has 1 N–H and O–H groups in total. The fraction of sp³-hybridized carbons (Fsp3) is 0.308. The largest absolute Gasteiger partial charge is 0.478 e. The summed E-state index contributed by atoms with van der Waals surface area (Å²) in [6.07, 6.45) is 7.65. The minimum atomic E-state index is -0.896. The third-order valence-corrected chi connectivity index (χ3v) is 2.79. The monoisotopic (exact) mass is 202 g/mol. The highest BCUT2D eigenvalue weighted by Crippen LogP contribution is 2.22. The number of fused-ring (bicyclic) bond motifs is 1. The number of aryl methyl sites for hydroxylation is 2. The first-order valence-electron chi connectivity index (χ1n) is 5.28. The SMILES string of the molecule is O=C(O)/C=C\c1ccc2c(c1)CCCC2. The van der Waals surface area contributed by atoms with E-state index in [9.17, 15) is 4.79 Å². The van der Waals surface area contributed by atoms with Crippen molar-refractivity contribution in [1.82, 2.24) is 0 Å². The lowest BCUT2D eigenvalue weighted by molar-refractivity contribution is -0.131. The van der Waals surface area contributed by atoms with E-state index in [2.05, 4.69) is 12.1 Å². The van der Waals surface area contributed by atoms with Crippen LogP contribution in [0.1, 0.15) is 29.5 Å². The molecule has 78 valence electrons. The fourth-order valence-electron chi connectivity index (χ4n) is 2.02. The Kier molecular flexibility index (Phi) is 2.86. The van der Waals surface area contributed by atoms with E-state index in [1.165, 1.54) is 30.0 Å². The van der Waals surface area contributed by atoms with Crippen LogP contribution in [0.5, 0.6) is 0 Å². The quantitative estimate of drug-likeness (QED) is 0.748. The standard InChI is InChI=1S/C13H14O2/c14-13(15)8-6-10-5-7-11-3-1-2-4-12(11)9-10/h5-9H,1-4H2,(H,14,15)/b8-6-. The Balaban J connectivity index is 2.24. The number of carboxylic acids is 1. The minimum Gasteiger partial charge on any atom is -0.478 e. The summed E-state index contributed by atoms with van der Waals surface area (Å²) in [6.45, 7) is 0. The summed E-state index contributed by atoms with van der Waals surface area (Å²) < 4.78 is 0. The number of carbonyl (C=O) groups is 1. The molecule has 0 heterocycles. The summed E-state index contributed by atoms with van der Waals surface area (Å²) in [7, 11) is 0. The van der Waals surface area contributed by atoms with E-state index in [1.807, 2.05) is 6.07 Å². The summed E-state index contributed by atoms with van der Waals surface area (Å²) in [4.78, 5) is 10.4. The first-order chi connectivity index (χ1) is 7.25. The predicted octanol–water partition coefficient (Wildman–Crippen LogP) is 2.66. The lowest BCUT2D eigenvalue weighted by Gasteiger charge is -2.15. The van der Waals surface area contributed by atoms with Gasteiger partial charge in [0.1, 0.15) is 0 Å². The summed E-state index contributed by atoms with van der Waals surface area (Å²) in [5.41, 5.74) is 3.79. The van der Waals surface area contributed by atoms with Crippen LogP contribution in [0, 0.1) is 0 Å². The third kappa shape index (κ3) is 2.46. The molecule has 0 fully saturated rings. The molecule has 1 aromatic rings. The zero-order valence-electron chi connectivity index (χ0n) is 8.57. The Morgan fingerprint density at radius 3 is 2.67 bits per heavy atom. The average molecular weight is 202 g/mol. The second-order valence-corrected chi connectivity index (χ2v) is 3.91. The molecule has 2 nitrogen and oxygen atoms in total. The van der Waals surface area contributed by atoms with Gasteiger partial charge < -0.3 is 5.11 Å². The Hall–Kier alpha value is -1.57. The van der Waals surface area contributed by atoms with Gasteiger partial charge in [0.05, 0.1) is 0 Å². The zero-order valence-corrected chi connectivity index (χ0v) is 8.57. The maximum atomic E-state index is 10.4. The Morgan fingerprint density at radius 2 is 1.93 bits per heavy atom. The van der Waals surface area contributed by atoms with Gasteiger partial charge in [0.25, 0.3) is 0 Å². The molecular formula is C13H14O2. The fourth-order valence-corrected chi connectivity index (χ4v) is 2.02. The predicted molar refractivity (Wildman–Crippen MR) is 59.8 cm³/mol. The van der Waals surface area contributed by atoms with E-state index < -0.39 is 5.97 Å². The number of rotatable bonds is 2. The molecule has 0 atom stereocenters. The van der Waals surface area contributed by atoms with E-state index in [-0.39, 0.29) is 0 Å². The molecule has 2 rings (SSSR count). The van der Waals surface area contributed by atoms with Gasteiger partial charge in [-0.3, -0.25) is 0 Å². The smallest absolute Gasteiger partial charge is 0.328 e. The lowest BCUT2D eigenvalue weighted by Crippen LogP contribution is -2.02. The summed E-state index contributed by atoms with van der Waals surface area (Å²) in [5.74, 6) is -0.896. The molecule has 15 heavy (non-hydrogen) atoms. The highest BCUT2D eigenvalue weighted by molar-refractivity contribution is 5.85. The van der Waals surface area contributed by atoms with Gasteiger partial charge in [-0.15, -0.1) is 0 Å². The van der Waals surface area contributed by atoms with Crippen molar-refractivity contribution in [2.24, 2.45) is 0 Å². The maximum Gasteiger partial charge on any atom is 0.328 e. The molecule has 1 aliphatic carbocycles. The van der Waals surface area contributed by atoms with Gasteiger partial charge >= 0.3 is 5.97 Å². The van der Waals surface area contributed by atoms with E-state index in [0.29, 0.717) is 0 Å². The average Bonchev–Trinajstić information content (AvgIpc) is 2.26. The van der Waals surface area contributed by atoms with Crippen LogP contribution in [0.15, 0.2) is 24.3 Å². The van der Waals surface area contributed by atoms with Gasteiger partial charge in [-0.1, -0.05) is 18.2 Å². The van der Waals surface area contributed by atoms with Gasteiger partial charge in [0.2, 0.25) is 0 Å². The summed E-state index contributed by atoms with van der Waals surface area (Å²) >= 11 is 0. The normalized spacial score (nSPS) is 15.2. The van der Waals surface area contributed by atoms with Gasteiger partial charge in [-0.05, 0) is 48.4 Å². The van der Waals surface area contributed by atoms with Gasteiger partial charge in [0, 0.05) is 6.08 Å². The van der Waals surface area contributed by atoms with Crippen LogP contribution >= 0.6 is 0 Å². The van der Waals surface area contributed by atoms with Crippen LogP contribution in [0.4, 0.5) is 0 Å². The molecule has 0 aliphatic heterocycles. The van der Waals surface area contributed by atoms with Crippen LogP contribution in [0.25, 0.3) is 6.08 Å². The molecule has 0 radical (unpaired) electrons. The molecule has 2 heteroatoms. The molecule has 0 unspecified atom stereocenters. The number of carboxylic acid groups (broad SMARTS) is 1. The van der Waals surface area contributed by atoms with Crippen LogP contribution in [-0.4, -0.2) is 11.1 Å². The van der Waals surface area contributed by atoms with Crippen molar-refractivity contribution < 1.29 is 9.90 Å². The van der Waals surface area contributed by atoms with Crippen molar-refractivity contribution in [3.63, 3.8) is 0 Å². The van der Waals surface area contributed by atoms with Crippen LogP contribution in [0.2, 0.25) is 0 Å². The molecule has 0 spiro atoms. The van der Waals surface area contributed by atoms with Crippen molar-refractivity contribution in [2.75, 3.05) is 0 Å². The number of hydrogen-bond donors (Lipinski definition) is 1. The number of hydrogen-bond acceptors (Lipinski definition) is 1. The van der Waals surface area contributed by atoms with E-state index >= 15 is 0 Å². The third-order valence-electron chi connectivity index (χ3n) is 2.79. The summed E-state index contributed by atoms with van der Waals surface area (Å²) in [6, 6.07) is 6.22. The molecule has 0 saturated heterocycles. The highest BCUT2D eigenvalue weighted by atomic mass is 16.4. The van der Waals surface area contributed by atoms with Gasteiger partial charge in [-0.2, -0.15) is 0 Å². The molecule has 0 saturated carbocycles. The van der Waals surface area contributed by atoms with Crippen molar-refractivity contribution in [2.45, 2.75) is 25.7 Å². The minimum absolute atomic E-state index is 0.896. The Morgan fingerprint density at radius 1 is 1.20 bits per heavy atom. The van der Waals surface area contributed by atoms with Crippen molar-refractivity contribution >= 4 is 12.0 Å². The lowest BCUT2D eigenvalue weighted by atomic mass is 9.90. The zero-order chi connectivity index (χ0) is 10.7. The van der Waals surface area contributed by atoms with Crippen LogP contribution in [-0.2, 0) is 17.6 Å². The molecule has 0 aromatic heterocycles. The van der Waals surface area contributed by atoms with E-state index in [1.54, 1.807) is 6.08 Å². The Labute approximate surface area is 89.2 Å². The molecule has 1 aliphatic rings. The van der Waals surface area contributed by atoms with E-state index in [0.717, 1.165) is 18.4 Å². The summed E-state index contributed by atoms with van der Waals surface area (Å²) in [5, 5.41) is 8.53. The first-order valence-corrected chi connectivity index (χ1v) is 5.28. The molecule has 0 amide bonds. The van der Waals surface area contributed by atoms with Crippen molar-refractivity contribution in [3.8, 4) is 0 Å². The number of aliphatic carboxylic acids is 1. The molecule has 1 aromatic carbocycles. The highest BCUT2D eigenvalue weighted by Gasteiger charge is 2.08. The topological polar surface area (TPSA) is 37.3 Å². The second-order valence-electron chi connectivity index (χ2n) is 3.91. The van der Waals surface area contributed by atoms with Gasteiger partial charge in [-0.25, -0.2) is 4.79 Å². The number of benzene rings is 1.